The van der Waals surface area contributed by atoms with E-state index in [1.165, 1.54) is 5.56 Å². The van der Waals surface area contributed by atoms with Crippen LogP contribution in [0.4, 0.5) is 0 Å². The largest absolute Gasteiger partial charge is 0.350 e. The molecule has 0 saturated heterocycles. The van der Waals surface area contributed by atoms with Gasteiger partial charge in [0.1, 0.15) is 6.04 Å². The maximum atomic E-state index is 13.6. The zero-order valence-electron chi connectivity index (χ0n) is 21.2. The van der Waals surface area contributed by atoms with Gasteiger partial charge in [-0.05, 0) is 44.4 Å². The normalized spacial score (nSPS) is 12.1. The molecule has 1 atom stereocenters. The van der Waals surface area contributed by atoms with Crippen LogP contribution in [0.2, 0.25) is 0 Å². The minimum absolute atomic E-state index is 0.0310. The predicted molar refractivity (Wildman–Crippen MR) is 146 cm³/mol. The molecule has 0 aliphatic rings. The molecule has 0 heterocycles. The van der Waals surface area contributed by atoms with Crippen molar-refractivity contribution < 1.29 is 9.59 Å². The second kappa shape index (κ2) is 12.6. The molecular formula is C30H36N2O2S. The zero-order valence-corrected chi connectivity index (χ0v) is 22.0. The fourth-order valence-corrected chi connectivity index (χ4v) is 4.68. The van der Waals surface area contributed by atoms with Crippen molar-refractivity contribution in [2.45, 2.75) is 58.0 Å². The van der Waals surface area contributed by atoms with E-state index in [0.717, 1.165) is 22.4 Å². The van der Waals surface area contributed by atoms with Crippen LogP contribution < -0.4 is 5.32 Å². The van der Waals surface area contributed by atoms with Crippen molar-refractivity contribution in [2.75, 3.05) is 5.75 Å². The number of rotatable bonds is 10. The summed E-state index contributed by atoms with van der Waals surface area (Å²) in [5.41, 5.74) is 3.99. The summed E-state index contributed by atoms with van der Waals surface area (Å²) in [4.78, 5) is 28.9. The van der Waals surface area contributed by atoms with Gasteiger partial charge < -0.3 is 10.2 Å². The number of amides is 2. The molecule has 3 rings (SSSR count). The second-order valence-electron chi connectivity index (χ2n) is 9.93. The van der Waals surface area contributed by atoms with Crippen LogP contribution >= 0.6 is 11.8 Å². The molecule has 0 bridgehead atoms. The maximum Gasteiger partial charge on any atom is 0.243 e. The van der Waals surface area contributed by atoms with Gasteiger partial charge in [0.05, 0.1) is 5.75 Å². The van der Waals surface area contributed by atoms with Crippen LogP contribution in [0.3, 0.4) is 0 Å². The molecule has 0 radical (unpaired) electrons. The molecule has 0 aromatic heterocycles. The first kappa shape index (κ1) is 26.6. The van der Waals surface area contributed by atoms with Crippen molar-refractivity contribution in [3.63, 3.8) is 0 Å². The predicted octanol–water partition coefficient (Wildman–Crippen LogP) is 5.78. The summed E-state index contributed by atoms with van der Waals surface area (Å²) in [5, 5.41) is 3.11. The molecule has 5 heteroatoms. The zero-order chi connectivity index (χ0) is 25.3. The van der Waals surface area contributed by atoms with Crippen molar-refractivity contribution in [2.24, 2.45) is 0 Å². The number of hydrogen-bond donors (Lipinski definition) is 1. The fraction of sp³-hybridized carbons (Fsp3) is 0.333. The average Bonchev–Trinajstić information content (AvgIpc) is 2.82. The molecule has 1 N–H and O–H groups in total. The quantitative estimate of drug-likeness (QED) is 0.393. The first-order chi connectivity index (χ1) is 16.7. The van der Waals surface area contributed by atoms with E-state index in [-0.39, 0.29) is 11.8 Å². The van der Waals surface area contributed by atoms with Gasteiger partial charge in [-0.3, -0.25) is 9.59 Å². The third-order valence-corrected chi connectivity index (χ3v) is 6.57. The lowest BCUT2D eigenvalue weighted by atomic mass is 10.0. The van der Waals surface area contributed by atoms with Gasteiger partial charge in [0, 0.05) is 24.3 Å². The van der Waals surface area contributed by atoms with E-state index >= 15 is 0 Å². The van der Waals surface area contributed by atoms with Gasteiger partial charge in [0.25, 0.3) is 0 Å². The molecule has 0 aliphatic heterocycles. The van der Waals surface area contributed by atoms with E-state index in [1.807, 2.05) is 100 Å². The maximum absolute atomic E-state index is 13.6. The first-order valence-corrected chi connectivity index (χ1v) is 13.2. The Morgan fingerprint density at radius 3 is 1.97 bits per heavy atom. The molecular weight excluding hydrogens is 452 g/mol. The number of thioether (sulfide) groups is 1. The van der Waals surface area contributed by atoms with Crippen molar-refractivity contribution in [3.8, 4) is 0 Å². The number of carbonyl (C=O) groups excluding carboxylic acids is 2. The number of aryl methyl sites for hydroxylation is 1. The molecule has 0 fully saturated rings. The summed E-state index contributed by atoms with van der Waals surface area (Å²) in [6, 6.07) is 27.6. The van der Waals surface area contributed by atoms with Gasteiger partial charge >= 0.3 is 0 Å². The summed E-state index contributed by atoms with van der Waals surface area (Å²) in [5.74, 6) is 0.906. The molecule has 4 nitrogen and oxygen atoms in total. The Morgan fingerprint density at radius 1 is 0.829 bits per heavy atom. The minimum atomic E-state index is -0.609. The van der Waals surface area contributed by atoms with Gasteiger partial charge in [0.15, 0.2) is 0 Å². The smallest absolute Gasteiger partial charge is 0.243 e. The highest BCUT2D eigenvalue weighted by Gasteiger charge is 2.32. The fourth-order valence-electron chi connectivity index (χ4n) is 3.81. The SMILES string of the molecule is Cc1ccc(CN(C(=O)CSCc2ccccc2)[C@H](Cc2ccccc2)C(=O)NC(C)(C)C)cc1. The Hall–Kier alpha value is -3.05. The van der Waals surface area contributed by atoms with Crippen LogP contribution in [0.5, 0.6) is 0 Å². The lowest BCUT2D eigenvalue weighted by Crippen LogP contribution is -2.54. The van der Waals surface area contributed by atoms with Crippen LogP contribution in [-0.2, 0) is 28.3 Å². The molecule has 0 saturated carbocycles. The van der Waals surface area contributed by atoms with E-state index in [9.17, 15) is 9.59 Å². The summed E-state index contributed by atoms with van der Waals surface area (Å²) in [6.07, 6.45) is 0.462. The van der Waals surface area contributed by atoms with E-state index < -0.39 is 11.6 Å². The van der Waals surface area contributed by atoms with Gasteiger partial charge in [-0.2, -0.15) is 0 Å². The van der Waals surface area contributed by atoms with Gasteiger partial charge in [-0.15, -0.1) is 11.8 Å². The van der Waals surface area contributed by atoms with E-state index in [1.54, 1.807) is 16.7 Å². The van der Waals surface area contributed by atoms with Gasteiger partial charge in [0.2, 0.25) is 11.8 Å². The topological polar surface area (TPSA) is 49.4 Å². The van der Waals surface area contributed by atoms with Gasteiger partial charge in [-0.1, -0.05) is 90.5 Å². The molecule has 35 heavy (non-hydrogen) atoms. The highest BCUT2D eigenvalue weighted by Crippen LogP contribution is 2.19. The van der Waals surface area contributed by atoms with E-state index in [4.69, 9.17) is 0 Å². The summed E-state index contributed by atoms with van der Waals surface area (Å²) < 4.78 is 0. The lowest BCUT2D eigenvalue weighted by Gasteiger charge is -2.34. The van der Waals surface area contributed by atoms with Crippen molar-refractivity contribution >= 4 is 23.6 Å². The standard InChI is InChI=1S/C30H36N2O2S/c1-23-15-17-25(18-16-23)20-32(28(33)22-35-21-26-13-9-6-10-14-26)27(29(34)31-30(2,3)4)19-24-11-7-5-8-12-24/h5-18,27H,19-22H2,1-4H3,(H,31,34)/t27-/m1/s1. The lowest BCUT2D eigenvalue weighted by molar-refractivity contribution is -0.140. The van der Waals surface area contributed by atoms with Crippen LogP contribution in [0, 0.1) is 6.92 Å². The van der Waals surface area contributed by atoms with Gasteiger partial charge in [-0.25, -0.2) is 0 Å². The van der Waals surface area contributed by atoms with Crippen molar-refractivity contribution in [1.82, 2.24) is 10.2 Å². The third kappa shape index (κ3) is 8.91. The first-order valence-electron chi connectivity index (χ1n) is 12.0. The molecule has 0 aliphatic carbocycles. The highest BCUT2D eigenvalue weighted by atomic mass is 32.2. The van der Waals surface area contributed by atoms with E-state index in [0.29, 0.717) is 18.7 Å². The third-order valence-electron chi connectivity index (χ3n) is 5.58. The number of benzene rings is 3. The number of nitrogens with one attached hydrogen (secondary N) is 1. The molecule has 0 spiro atoms. The van der Waals surface area contributed by atoms with Crippen LogP contribution in [0.1, 0.15) is 43.0 Å². The minimum Gasteiger partial charge on any atom is -0.350 e. The molecule has 184 valence electrons. The molecule has 2 amide bonds. The Bertz CT molecular complexity index is 1080. The Labute approximate surface area is 214 Å². The Balaban J connectivity index is 1.86. The number of nitrogens with zero attached hydrogens (tertiary/aromatic N) is 1. The number of carbonyl (C=O) groups is 2. The van der Waals surface area contributed by atoms with Crippen molar-refractivity contribution in [1.29, 1.82) is 0 Å². The summed E-state index contributed by atoms with van der Waals surface area (Å²) >= 11 is 1.58. The highest BCUT2D eigenvalue weighted by molar-refractivity contribution is 7.99. The Morgan fingerprint density at radius 2 is 1.40 bits per heavy atom. The summed E-state index contributed by atoms with van der Waals surface area (Å²) in [7, 11) is 0. The van der Waals surface area contributed by atoms with Crippen LogP contribution in [0.15, 0.2) is 84.9 Å². The number of hydrogen-bond acceptors (Lipinski definition) is 3. The van der Waals surface area contributed by atoms with E-state index in [2.05, 4.69) is 17.4 Å². The summed E-state index contributed by atoms with van der Waals surface area (Å²) in [6.45, 7) is 8.33. The monoisotopic (exact) mass is 488 g/mol. The van der Waals surface area contributed by atoms with Crippen LogP contribution in [-0.4, -0.2) is 34.0 Å². The molecule has 0 unspecified atom stereocenters. The molecule has 3 aromatic rings. The molecule has 3 aromatic carbocycles. The second-order valence-corrected chi connectivity index (χ2v) is 10.9. The Kier molecular flexibility index (Phi) is 9.55. The van der Waals surface area contributed by atoms with Crippen molar-refractivity contribution in [3.05, 3.63) is 107 Å². The van der Waals surface area contributed by atoms with Crippen LogP contribution in [0.25, 0.3) is 0 Å². The average molecular weight is 489 g/mol.